The van der Waals surface area contributed by atoms with Gasteiger partial charge in [-0.2, -0.15) is 0 Å². The van der Waals surface area contributed by atoms with Crippen LogP contribution in [0, 0.1) is 11.8 Å². The van der Waals surface area contributed by atoms with Gasteiger partial charge in [-0.25, -0.2) is 0 Å². The zero-order valence-corrected chi connectivity index (χ0v) is 8.30. The van der Waals surface area contributed by atoms with Gasteiger partial charge in [-0.1, -0.05) is 33.8 Å². The third-order valence-corrected chi connectivity index (χ3v) is 1.74. The molecule has 0 aromatic heterocycles. The van der Waals surface area contributed by atoms with Crippen molar-refractivity contribution >= 4 is 15.9 Å². The number of aliphatic hydroxyl groups is 1. The van der Waals surface area contributed by atoms with Crippen LogP contribution in [0.15, 0.2) is 28.7 Å². The smallest absolute Gasteiger partial charge is 0.112 e. The van der Waals surface area contributed by atoms with Crippen LogP contribution in [0.2, 0.25) is 0 Å². The number of hydrogen-bond acceptors (Lipinski definition) is 1. The molecule has 1 aromatic carbocycles. The summed E-state index contributed by atoms with van der Waals surface area (Å²) in [4.78, 5) is 0. The second-order valence-electron chi connectivity index (χ2n) is 2.46. The molecule has 0 amide bonds. The maximum atomic E-state index is 8.90. The molecule has 12 heavy (non-hydrogen) atoms. The van der Waals surface area contributed by atoms with Gasteiger partial charge in [0.1, 0.15) is 6.10 Å². The Labute approximate surface area is 80.6 Å². The van der Waals surface area contributed by atoms with Crippen LogP contribution in [-0.4, -0.2) is 11.2 Å². The van der Waals surface area contributed by atoms with Crippen LogP contribution >= 0.6 is 15.9 Å². The second-order valence-corrected chi connectivity index (χ2v) is 3.37. The van der Waals surface area contributed by atoms with E-state index in [2.05, 4.69) is 27.8 Å². The second kappa shape index (κ2) is 4.30. The molecular formula is C10H9BrO. The fourth-order valence-corrected chi connectivity index (χ4v) is 1.15. The van der Waals surface area contributed by atoms with E-state index in [1.165, 1.54) is 0 Å². The molecule has 2 heteroatoms. The standard InChI is InChI=1S/C10H9BrO/c1-8(12)5-6-9-3-2-4-10(11)7-9/h2-4,7-8,12H,1H3/t8-/m0/s1. The van der Waals surface area contributed by atoms with Crippen molar-refractivity contribution in [2.45, 2.75) is 13.0 Å². The van der Waals surface area contributed by atoms with E-state index in [4.69, 9.17) is 5.11 Å². The molecular weight excluding hydrogens is 216 g/mol. The maximum absolute atomic E-state index is 8.90. The normalized spacial score (nSPS) is 11.6. The summed E-state index contributed by atoms with van der Waals surface area (Å²) in [5.41, 5.74) is 0.908. The van der Waals surface area contributed by atoms with Gasteiger partial charge >= 0.3 is 0 Å². The summed E-state index contributed by atoms with van der Waals surface area (Å²) in [6.45, 7) is 1.64. The lowest BCUT2D eigenvalue weighted by Gasteiger charge is -1.91. The molecule has 1 nitrogen and oxygen atoms in total. The molecule has 1 N–H and O–H groups in total. The Bertz CT molecular complexity index is 320. The maximum Gasteiger partial charge on any atom is 0.112 e. The van der Waals surface area contributed by atoms with Crippen molar-refractivity contribution in [3.63, 3.8) is 0 Å². The molecule has 0 bridgehead atoms. The third-order valence-electron chi connectivity index (χ3n) is 1.25. The zero-order valence-electron chi connectivity index (χ0n) is 6.71. The topological polar surface area (TPSA) is 20.2 Å². The highest BCUT2D eigenvalue weighted by Gasteiger charge is 1.88. The van der Waals surface area contributed by atoms with Crippen LogP contribution in [0.25, 0.3) is 0 Å². The number of rotatable bonds is 0. The summed E-state index contributed by atoms with van der Waals surface area (Å²) in [7, 11) is 0. The summed E-state index contributed by atoms with van der Waals surface area (Å²) >= 11 is 3.34. The van der Waals surface area contributed by atoms with Crippen molar-refractivity contribution in [2.24, 2.45) is 0 Å². The largest absolute Gasteiger partial charge is 0.381 e. The van der Waals surface area contributed by atoms with E-state index < -0.39 is 6.10 Å². The van der Waals surface area contributed by atoms with Crippen molar-refractivity contribution in [3.8, 4) is 11.8 Å². The molecule has 0 fully saturated rings. The third kappa shape index (κ3) is 3.08. The van der Waals surface area contributed by atoms with Crippen LogP contribution in [0.3, 0.4) is 0 Å². The Morgan fingerprint density at radius 2 is 2.25 bits per heavy atom. The lowest BCUT2D eigenvalue weighted by molar-refractivity contribution is 0.253. The molecule has 62 valence electrons. The number of aliphatic hydroxyl groups excluding tert-OH is 1. The summed E-state index contributed by atoms with van der Waals surface area (Å²) in [5.74, 6) is 5.53. The minimum atomic E-state index is -0.566. The Balaban J connectivity index is 2.85. The van der Waals surface area contributed by atoms with Crippen molar-refractivity contribution in [1.82, 2.24) is 0 Å². The van der Waals surface area contributed by atoms with E-state index in [-0.39, 0.29) is 0 Å². The molecule has 0 aliphatic rings. The average molecular weight is 225 g/mol. The van der Waals surface area contributed by atoms with Crippen LogP contribution in [0.4, 0.5) is 0 Å². The Hall–Kier alpha value is -0.780. The van der Waals surface area contributed by atoms with Crippen molar-refractivity contribution in [2.75, 3.05) is 0 Å². The molecule has 1 rings (SSSR count). The molecule has 1 aromatic rings. The monoisotopic (exact) mass is 224 g/mol. The van der Waals surface area contributed by atoms with Gasteiger partial charge in [0, 0.05) is 10.0 Å². The van der Waals surface area contributed by atoms with Crippen LogP contribution in [0.5, 0.6) is 0 Å². The molecule has 0 radical (unpaired) electrons. The summed E-state index contributed by atoms with van der Waals surface area (Å²) in [6.07, 6.45) is -0.566. The van der Waals surface area contributed by atoms with Crippen LogP contribution in [-0.2, 0) is 0 Å². The van der Waals surface area contributed by atoms with Crippen molar-refractivity contribution in [1.29, 1.82) is 0 Å². The predicted molar refractivity (Wildman–Crippen MR) is 52.7 cm³/mol. The summed E-state index contributed by atoms with van der Waals surface area (Å²) in [6, 6.07) is 7.67. The molecule has 1 atom stereocenters. The Kier molecular flexibility index (Phi) is 3.33. The van der Waals surface area contributed by atoms with Crippen LogP contribution in [0.1, 0.15) is 12.5 Å². The van der Waals surface area contributed by atoms with Gasteiger partial charge in [0.25, 0.3) is 0 Å². The van der Waals surface area contributed by atoms with Gasteiger partial charge in [0.05, 0.1) is 0 Å². The zero-order chi connectivity index (χ0) is 8.97. The lowest BCUT2D eigenvalue weighted by Crippen LogP contribution is -1.92. The first kappa shape index (κ1) is 9.31. The fraction of sp³-hybridized carbons (Fsp3) is 0.200. The summed E-state index contributed by atoms with van der Waals surface area (Å²) in [5, 5.41) is 8.90. The van der Waals surface area contributed by atoms with Gasteiger partial charge in [-0.05, 0) is 25.1 Å². The predicted octanol–water partition coefficient (Wildman–Crippen LogP) is 2.18. The van der Waals surface area contributed by atoms with E-state index in [1.807, 2.05) is 24.3 Å². The average Bonchev–Trinajstić information content (AvgIpc) is 2.01. The molecule has 0 unspecified atom stereocenters. The van der Waals surface area contributed by atoms with Gasteiger partial charge in [0.15, 0.2) is 0 Å². The van der Waals surface area contributed by atoms with E-state index in [0.717, 1.165) is 10.0 Å². The van der Waals surface area contributed by atoms with E-state index in [9.17, 15) is 0 Å². The highest BCUT2D eigenvalue weighted by Crippen LogP contribution is 2.10. The number of benzene rings is 1. The van der Waals surface area contributed by atoms with Gasteiger partial charge < -0.3 is 5.11 Å². The quantitative estimate of drug-likeness (QED) is 0.671. The molecule has 0 heterocycles. The summed E-state index contributed by atoms with van der Waals surface area (Å²) < 4.78 is 1.000. The Morgan fingerprint density at radius 1 is 1.50 bits per heavy atom. The SMILES string of the molecule is C[C@H](O)C#Cc1cccc(Br)c1. The van der Waals surface area contributed by atoms with Gasteiger partial charge in [-0.3, -0.25) is 0 Å². The number of hydrogen-bond donors (Lipinski definition) is 1. The lowest BCUT2D eigenvalue weighted by atomic mass is 10.2. The van der Waals surface area contributed by atoms with Gasteiger partial charge in [0.2, 0.25) is 0 Å². The highest BCUT2D eigenvalue weighted by atomic mass is 79.9. The molecule has 0 saturated carbocycles. The van der Waals surface area contributed by atoms with E-state index >= 15 is 0 Å². The van der Waals surface area contributed by atoms with E-state index in [0.29, 0.717) is 0 Å². The molecule has 0 spiro atoms. The van der Waals surface area contributed by atoms with Crippen molar-refractivity contribution < 1.29 is 5.11 Å². The fourth-order valence-electron chi connectivity index (χ4n) is 0.754. The first-order chi connectivity index (χ1) is 5.68. The Morgan fingerprint density at radius 3 is 2.83 bits per heavy atom. The molecule has 0 aliphatic heterocycles. The first-order valence-corrected chi connectivity index (χ1v) is 4.43. The molecule has 0 aliphatic carbocycles. The highest BCUT2D eigenvalue weighted by molar-refractivity contribution is 9.10. The number of halogens is 1. The minimum absolute atomic E-state index is 0.566. The molecule has 0 saturated heterocycles. The van der Waals surface area contributed by atoms with Crippen molar-refractivity contribution in [3.05, 3.63) is 34.3 Å². The van der Waals surface area contributed by atoms with Crippen LogP contribution < -0.4 is 0 Å². The van der Waals surface area contributed by atoms with E-state index in [1.54, 1.807) is 6.92 Å². The first-order valence-electron chi connectivity index (χ1n) is 3.63. The van der Waals surface area contributed by atoms with Gasteiger partial charge in [-0.15, -0.1) is 0 Å². The minimum Gasteiger partial charge on any atom is -0.381 e.